The van der Waals surface area contributed by atoms with Gasteiger partial charge in [-0.25, -0.2) is 4.98 Å². The minimum Gasteiger partial charge on any atom is -0.494 e. The molecule has 2 aromatic heterocycles. The van der Waals surface area contributed by atoms with Crippen LogP contribution in [0.1, 0.15) is 5.56 Å². The molecule has 0 radical (unpaired) electrons. The minimum absolute atomic E-state index is 0.376. The number of hydrogen-bond acceptors (Lipinski definition) is 11. The summed E-state index contributed by atoms with van der Waals surface area (Å²) in [6.07, 6.45) is 4.89. The van der Waals surface area contributed by atoms with Gasteiger partial charge in [0.25, 0.3) is 0 Å². The Kier molecular flexibility index (Phi) is 8.51. The zero-order chi connectivity index (χ0) is 28.3. The third-order valence-electron chi connectivity index (χ3n) is 6.60. The van der Waals surface area contributed by atoms with Crippen LogP contribution < -0.4 is 36.6 Å². The van der Waals surface area contributed by atoms with Gasteiger partial charge in [-0.05, 0) is 59.9 Å². The lowest BCUT2D eigenvalue weighted by Crippen LogP contribution is -2.56. The van der Waals surface area contributed by atoms with Crippen LogP contribution in [0, 0.1) is 6.92 Å². The van der Waals surface area contributed by atoms with Crippen molar-refractivity contribution in [3.05, 3.63) is 52.9 Å². The summed E-state index contributed by atoms with van der Waals surface area (Å²) in [5.74, 6) is 1.55. The monoisotopic (exact) mass is 625 g/mol. The van der Waals surface area contributed by atoms with Gasteiger partial charge in [0.05, 0.1) is 33.8 Å². The summed E-state index contributed by atoms with van der Waals surface area (Å²) in [5, 5.41) is 17.5. The fourth-order valence-electron chi connectivity index (χ4n) is 4.48. The summed E-state index contributed by atoms with van der Waals surface area (Å²) < 4.78 is 19.6. The number of methoxy groups -OCH3 is 1. The van der Waals surface area contributed by atoms with E-state index in [1.165, 1.54) is 0 Å². The van der Waals surface area contributed by atoms with Crippen LogP contribution in [-0.2, 0) is 4.57 Å². The number of fused-ring (bicyclic) bond motifs is 1. The number of aromatic nitrogens is 4. The highest BCUT2D eigenvalue weighted by Gasteiger charge is 2.22. The van der Waals surface area contributed by atoms with Crippen molar-refractivity contribution >= 4 is 68.2 Å². The van der Waals surface area contributed by atoms with Crippen LogP contribution in [0.3, 0.4) is 0 Å². The Morgan fingerprint density at radius 2 is 1.85 bits per heavy atom. The van der Waals surface area contributed by atoms with E-state index >= 15 is 0 Å². The van der Waals surface area contributed by atoms with Gasteiger partial charge in [0.1, 0.15) is 24.2 Å². The zero-order valence-corrected chi connectivity index (χ0v) is 25.4. The number of benzene rings is 2. The Hall–Kier alpha value is -3.31. The lowest BCUT2D eigenvalue weighted by Gasteiger charge is -2.28. The van der Waals surface area contributed by atoms with E-state index in [-0.39, 0.29) is 0 Å². The number of nitrogens with zero attached hydrogens (tertiary/aromatic N) is 4. The Morgan fingerprint density at radius 1 is 1.05 bits per heavy atom. The van der Waals surface area contributed by atoms with Crippen LogP contribution in [0.15, 0.2) is 47.3 Å². The second-order valence-electron chi connectivity index (χ2n) is 9.98. The molecule has 0 spiro atoms. The quantitative estimate of drug-likeness (QED) is 0.121. The molecule has 1 fully saturated rings. The van der Waals surface area contributed by atoms with Crippen LogP contribution in [0.5, 0.6) is 5.75 Å². The number of aryl methyl sites for hydroxylation is 1. The maximum absolute atomic E-state index is 13.3. The summed E-state index contributed by atoms with van der Waals surface area (Å²) in [5.41, 5.74) is 4.75. The van der Waals surface area contributed by atoms with Crippen molar-refractivity contribution in [3.8, 4) is 5.75 Å². The fraction of sp³-hybridized carbons (Fsp3) is 0.333. The van der Waals surface area contributed by atoms with Gasteiger partial charge >= 0.3 is 0 Å². The van der Waals surface area contributed by atoms with Crippen LogP contribution in [0.4, 0.5) is 28.8 Å². The molecule has 4 aromatic rings. The van der Waals surface area contributed by atoms with E-state index in [1.54, 1.807) is 39.0 Å². The molecule has 0 atom stereocenters. The summed E-state index contributed by atoms with van der Waals surface area (Å²) in [6.45, 7) is 9.23. The van der Waals surface area contributed by atoms with Gasteiger partial charge in [0, 0.05) is 62.6 Å². The summed E-state index contributed by atoms with van der Waals surface area (Å²) in [6, 6.07) is 8.24. The molecule has 3 heterocycles. The first kappa shape index (κ1) is 28.2. The molecule has 13 heteroatoms. The van der Waals surface area contributed by atoms with Gasteiger partial charge in [0.2, 0.25) is 5.95 Å². The van der Waals surface area contributed by atoms with Gasteiger partial charge < -0.3 is 35.9 Å². The molecular formula is C27H33BrN9O2P. The highest BCUT2D eigenvalue weighted by Crippen LogP contribution is 2.41. The molecule has 0 unspecified atom stereocenters. The Balaban J connectivity index is 1.37. The second kappa shape index (κ2) is 12.1. The molecule has 5 rings (SSSR count). The number of halogens is 1. The van der Waals surface area contributed by atoms with E-state index in [0.717, 1.165) is 43.1 Å². The Labute approximate surface area is 241 Å². The Morgan fingerprint density at radius 3 is 2.58 bits per heavy atom. The van der Waals surface area contributed by atoms with Crippen molar-refractivity contribution in [3.63, 3.8) is 0 Å². The van der Waals surface area contributed by atoms with Crippen molar-refractivity contribution in [1.82, 2.24) is 30.6 Å². The topological polar surface area (TPSA) is 138 Å². The van der Waals surface area contributed by atoms with Crippen molar-refractivity contribution < 1.29 is 9.30 Å². The van der Waals surface area contributed by atoms with Crippen LogP contribution in [0.25, 0.3) is 11.0 Å². The third kappa shape index (κ3) is 6.36. The number of rotatable bonds is 11. The maximum atomic E-state index is 13.3. The molecule has 0 amide bonds. The van der Waals surface area contributed by atoms with Crippen molar-refractivity contribution in [2.75, 3.05) is 62.6 Å². The number of hydrogen-bond donors (Lipinski definition) is 5. The van der Waals surface area contributed by atoms with Crippen molar-refractivity contribution in [2.45, 2.75) is 13.0 Å². The zero-order valence-electron chi connectivity index (χ0n) is 22.9. The standard InChI is InChI=1S/C27H33BrN9O2P/c1-16-11-22(23(39-2)12-21(16)32-8-7-30-17-13-29-14-17)36-27-34-15-18(28)26(37-27)35-20-6-5-19-24(33-10-9-31-19)25(20)40(3,4)38/h5-6,9-12,15,17,29-30,32H,7-8,13-14H2,1-4H3,(H2,34,35,36,37). The molecule has 0 saturated carbocycles. The van der Waals surface area contributed by atoms with Crippen LogP contribution in [-0.4, -0.2) is 72.6 Å². The Bertz CT molecular complexity index is 1580. The van der Waals surface area contributed by atoms with E-state index < -0.39 is 7.14 Å². The smallest absolute Gasteiger partial charge is 0.229 e. The molecule has 210 valence electrons. The lowest BCUT2D eigenvalue weighted by atomic mass is 10.1. The first-order valence-electron chi connectivity index (χ1n) is 13.0. The summed E-state index contributed by atoms with van der Waals surface area (Å²) in [4.78, 5) is 18.0. The first-order chi connectivity index (χ1) is 19.2. The highest BCUT2D eigenvalue weighted by molar-refractivity contribution is 9.10. The molecule has 1 aliphatic rings. The average Bonchev–Trinajstić information content (AvgIpc) is 2.89. The SMILES string of the molecule is COc1cc(NCCNC2CNC2)c(C)cc1Nc1ncc(Br)c(Nc2ccc3nccnc3c2P(C)(C)=O)n1. The van der Waals surface area contributed by atoms with Crippen LogP contribution in [0.2, 0.25) is 0 Å². The lowest BCUT2D eigenvalue weighted by molar-refractivity contribution is 0.372. The maximum Gasteiger partial charge on any atom is 0.229 e. The number of anilines is 5. The summed E-state index contributed by atoms with van der Waals surface area (Å²) >= 11 is 3.54. The third-order valence-corrected chi connectivity index (χ3v) is 8.71. The molecule has 11 nitrogen and oxygen atoms in total. The fourth-order valence-corrected chi connectivity index (χ4v) is 6.17. The van der Waals surface area contributed by atoms with Crippen LogP contribution >= 0.6 is 23.1 Å². The molecule has 5 N–H and O–H groups in total. The minimum atomic E-state index is -2.72. The van der Waals surface area contributed by atoms with Gasteiger partial charge in [-0.15, -0.1) is 0 Å². The van der Waals surface area contributed by atoms with E-state index in [4.69, 9.17) is 9.72 Å². The molecular weight excluding hydrogens is 593 g/mol. The predicted molar refractivity (Wildman–Crippen MR) is 166 cm³/mol. The van der Waals surface area contributed by atoms with Crippen molar-refractivity contribution in [2.24, 2.45) is 0 Å². The van der Waals surface area contributed by atoms with E-state index in [9.17, 15) is 4.57 Å². The molecule has 1 aliphatic heterocycles. The molecule has 2 aromatic carbocycles. The summed E-state index contributed by atoms with van der Waals surface area (Å²) in [7, 11) is -1.09. The predicted octanol–water partition coefficient (Wildman–Crippen LogP) is 4.21. The average molecular weight is 627 g/mol. The van der Waals surface area contributed by atoms with Crippen molar-refractivity contribution in [1.29, 1.82) is 0 Å². The molecule has 1 saturated heterocycles. The highest BCUT2D eigenvalue weighted by atomic mass is 79.9. The van der Waals surface area contributed by atoms with E-state index in [0.29, 0.717) is 50.1 Å². The van der Waals surface area contributed by atoms with Gasteiger partial charge in [-0.1, -0.05) is 0 Å². The van der Waals surface area contributed by atoms with Gasteiger partial charge in [-0.3, -0.25) is 9.97 Å². The normalized spacial score (nSPS) is 13.6. The van der Waals surface area contributed by atoms with Gasteiger partial charge in [0.15, 0.2) is 0 Å². The first-order valence-corrected chi connectivity index (χ1v) is 16.3. The number of nitrogens with one attached hydrogen (secondary N) is 5. The van der Waals surface area contributed by atoms with Gasteiger partial charge in [-0.2, -0.15) is 4.98 Å². The van der Waals surface area contributed by atoms with E-state index in [2.05, 4.69) is 57.5 Å². The molecule has 40 heavy (non-hydrogen) atoms. The second-order valence-corrected chi connectivity index (χ2v) is 14.0. The van der Waals surface area contributed by atoms with E-state index in [1.807, 2.05) is 31.2 Å². The molecule has 0 aliphatic carbocycles. The number of ether oxygens (including phenoxy) is 1. The largest absolute Gasteiger partial charge is 0.494 e. The molecule has 0 bridgehead atoms.